The Hall–Kier alpha value is -3.78. The summed E-state index contributed by atoms with van der Waals surface area (Å²) in [6.45, 7) is 0. The lowest BCUT2D eigenvalue weighted by atomic mass is 9.99. The second kappa shape index (κ2) is 4.93. The summed E-state index contributed by atoms with van der Waals surface area (Å²) < 4.78 is 0. The van der Waals surface area contributed by atoms with Gasteiger partial charge in [-0.1, -0.05) is 60.7 Å². The Morgan fingerprint density at radius 1 is 0.393 bits per heavy atom. The van der Waals surface area contributed by atoms with Gasteiger partial charge in [0, 0.05) is 43.4 Å². The number of nitrogens with one attached hydrogen (secondary N) is 2. The van der Waals surface area contributed by atoms with E-state index in [9.17, 15) is 0 Å². The molecule has 0 spiro atoms. The third-order valence-electron chi connectivity index (χ3n) is 6.11. The fourth-order valence-electron chi connectivity index (χ4n) is 4.79. The number of para-hydroxylation sites is 2. The number of benzene rings is 5. The van der Waals surface area contributed by atoms with Gasteiger partial charge >= 0.3 is 0 Å². The summed E-state index contributed by atoms with van der Waals surface area (Å²) >= 11 is 0. The van der Waals surface area contributed by atoms with Gasteiger partial charge in [-0.15, -0.1) is 0 Å². The summed E-state index contributed by atoms with van der Waals surface area (Å²) in [6, 6.07) is 30.7. The second-order valence-electron chi connectivity index (χ2n) is 7.61. The Morgan fingerprint density at radius 2 is 0.857 bits per heavy atom. The molecule has 0 unspecified atom stereocenters. The zero-order chi connectivity index (χ0) is 18.2. The van der Waals surface area contributed by atoms with Crippen LogP contribution in [0.25, 0.3) is 65.2 Å². The minimum Gasteiger partial charge on any atom is -0.354 e. The Morgan fingerprint density at radius 3 is 1.36 bits per heavy atom. The van der Waals surface area contributed by atoms with E-state index >= 15 is 0 Å². The predicted molar refractivity (Wildman–Crippen MR) is 120 cm³/mol. The smallest absolute Gasteiger partial charge is 0.0544 e. The van der Waals surface area contributed by atoms with Crippen molar-refractivity contribution in [3.8, 4) is 0 Å². The zero-order valence-electron chi connectivity index (χ0n) is 15.1. The van der Waals surface area contributed by atoms with E-state index < -0.39 is 0 Å². The van der Waals surface area contributed by atoms with Crippen LogP contribution in [0, 0.1) is 0 Å². The average Bonchev–Trinajstić information content (AvgIpc) is 3.31. The van der Waals surface area contributed by atoms with Crippen molar-refractivity contribution in [2.75, 3.05) is 0 Å². The van der Waals surface area contributed by atoms with Gasteiger partial charge in [0.25, 0.3) is 0 Å². The maximum absolute atomic E-state index is 3.64. The first-order valence-electron chi connectivity index (χ1n) is 9.63. The number of hydrogen-bond acceptors (Lipinski definition) is 0. The third kappa shape index (κ3) is 1.72. The van der Waals surface area contributed by atoms with Crippen molar-refractivity contribution in [1.82, 2.24) is 9.97 Å². The van der Waals surface area contributed by atoms with Gasteiger partial charge in [-0.25, -0.2) is 0 Å². The van der Waals surface area contributed by atoms with Crippen LogP contribution in [0.15, 0.2) is 84.9 Å². The minimum absolute atomic E-state index is 1.19. The van der Waals surface area contributed by atoms with Crippen LogP contribution >= 0.6 is 0 Å². The lowest BCUT2D eigenvalue weighted by Crippen LogP contribution is -1.80. The maximum atomic E-state index is 3.64. The first-order valence-corrected chi connectivity index (χ1v) is 9.63. The monoisotopic (exact) mass is 356 g/mol. The Kier molecular flexibility index (Phi) is 2.52. The largest absolute Gasteiger partial charge is 0.354 e. The molecular weight excluding hydrogens is 340 g/mol. The average molecular weight is 356 g/mol. The molecule has 2 N–H and O–H groups in total. The highest BCUT2D eigenvalue weighted by atomic mass is 14.7. The van der Waals surface area contributed by atoms with Crippen LogP contribution in [0.5, 0.6) is 0 Å². The summed E-state index contributed by atoms with van der Waals surface area (Å²) in [5.41, 5.74) is 4.82. The van der Waals surface area contributed by atoms with Crippen molar-refractivity contribution in [2.24, 2.45) is 0 Å². The summed E-state index contributed by atoms with van der Waals surface area (Å²) in [4.78, 5) is 7.27. The molecule has 0 aliphatic rings. The van der Waals surface area contributed by atoms with Gasteiger partial charge in [-0.05, 0) is 35.0 Å². The third-order valence-corrected chi connectivity index (χ3v) is 6.11. The van der Waals surface area contributed by atoms with E-state index in [1.165, 1.54) is 65.2 Å². The number of aromatic amines is 2. The van der Waals surface area contributed by atoms with E-state index in [1.54, 1.807) is 0 Å². The maximum Gasteiger partial charge on any atom is 0.0544 e. The molecule has 7 rings (SSSR count). The molecule has 0 radical (unpaired) electrons. The van der Waals surface area contributed by atoms with Crippen LogP contribution < -0.4 is 0 Å². The highest BCUT2D eigenvalue weighted by Crippen LogP contribution is 2.36. The molecule has 0 bridgehead atoms. The first-order chi connectivity index (χ1) is 13.9. The van der Waals surface area contributed by atoms with Crippen LogP contribution in [0.4, 0.5) is 0 Å². The number of aromatic nitrogens is 2. The molecule has 2 heterocycles. The normalized spacial score (nSPS) is 12.3. The highest BCUT2D eigenvalue weighted by molar-refractivity contribution is 6.23. The van der Waals surface area contributed by atoms with Crippen LogP contribution in [0.2, 0.25) is 0 Å². The molecule has 0 amide bonds. The van der Waals surface area contributed by atoms with Gasteiger partial charge in [-0.3, -0.25) is 0 Å². The molecule has 7 aromatic rings. The lowest BCUT2D eigenvalue weighted by Gasteiger charge is -2.05. The number of hydrogen-bond donors (Lipinski definition) is 2. The van der Waals surface area contributed by atoms with Crippen molar-refractivity contribution in [1.29, 1.82) is 0 Å². The fraction of sp³-hybridized carbons (Fsp3) is 0. The van der Waals surface area contributed by atoms with Crippen molar-refractivity contribution < 1.29 is 0 Å². The Bertz CT molecular complexity index is 1580. The summed E-state index contributed by atoms with van der Waals surface area (Å²) in [5.74, 6) is 0. The number of fused-ring (bicyclic) bond motifs is 10. The van der Waals surface area contributed by atoms with Crippen LogP contribution in [-0.4, -0.2) is 9.97 Å². The van der Waals surface area contributed by atoms with E-state index in [1.807, 2.05) is 0 Å². The van der Waals surface area contributed by atoms with E-state index in [-0.39, 0.29) is 0 Å². The van der Waals surface area contributed by atoms with Crippen molar-refractivity contribution >= 4 is 65.2 Å². The predicted octanol–water partition coefficient (Wildman–Crippen LogP) is 7.26. The van der Waals surface area contributed by atoms with E-state index in [2.05, 4.69) is 94.9 Å². The van der Waals surface area contributed by atoms with Gasteiger partial charge < -0.3 is 9.97 Å². The molecular formula is C26H16N2. The number of rotatable bonds is 0. The molecule has 0 aliphatic carbocycles. The van der Waals surface area contributed by atoms with Crippen molar-refractivity contribution in [3.05, 3.63) is 84.9 Å². The molecule has 5 aromatic carbocycles. The molecule has 0 saturated carbocycles. The highest BCUT2D eigenvalue weighted by Gasteiger charge is 2.11. The molecule has 2 nitrogen and oxygen atoms in total. The summed E-state index contributed by atoms with van der Waals surface area (Å²) in [5, 5.41) is 10.2. The fourth-order valence-corrected chi connectivity index (χ4v) is 4.79. The first kappa shape index (κ1) is 14.3. The molecule has 28 heavy (non-hydrogen) atoms. The molecule has 0 aliphatic heterocycles. The van der Waals surface area contributed by atoms with Gasteiger partial charge in [0.15, 0.2) is 0 Å². The van der Waals surface area contributed by atoms with Crippen LogP contribution in [0.3, 0.4) is 0 Å². The Labute approximate surface area is 160 Å². The topological polar surface area (TPSA) is 31.6 Å². The standard InChI is InChI=1S/C26H16N2/c1-3-7-23-17(5-1)19-11-9-15-14-22-16(13-21(15)25(19)27-23)10-12-20-18-6-2-4-8-24(18)28-26(20)22/h1-14,27-28H. The van der Waals surface area contributed by atoms with E-state index in [0.29, 0.717) is 0 Å². The van der Waals surface area contributed by atoms with Crippen LogP contribution in [0.1, 0.15) is 0 Å². The minimum atomic E-state index is 1.19. The molecule has 2 heteroatoms. The Balaban J connectivity index is 1.66. The number of H-pyrrole nitrogens is 2. The quantitative estimate of drug-likeness (QED) is 0.268. The molecule has 130 valence electrons. The molecule has 0 atom stereocenters. The van der Waals surface area contributed by atoms with Gasteiger partial charge in [-0.2, -0.15) is 0 Å². The van der Waals surface area contributed by atoms with Gasteiger partial charge in [0.2, 0.25) is 0 Å². The second-order valence-corrected chi connectivity index (χ2v) is 7.61. The van der Waals surface area contributed by atoms with E-state index in [4.69, 9.17) is 0 Å². The molecule has 0 fully saturated rings. The zero-order valence-corrected chi connectivity index (χ0v) is 15.1. The van der Waals surface area contributed by atoms with Crippen LogP contribution in [-0.2, 0) is 0 Å². The summed E-state index contributed by atoms with van der Waals surface area (Å²) in [6.07, 6.45) is 0. The van der Waals surface area contributed by atoms with Gasteiger partial charge in [0.05, 0.1) is 11.0 Å². The molecule has 0 saturated heterocycles. The SMILES string of the molecule is c1ccc2c(c1)[nH]c1c3cc4ccc5c6ccccc6[nH]c5c4cc3ccc21. The molecule has 2 aromatic heterocycles. The van der Waals surface area contributed by atoms with Crippen molar-refractivity contribution in [3.63, 3.8) is 0 Å². The van der Waals surface area contributed by atoms with Gasteiger partial charge in [0.1, 0.15) is 0 Å². The lowest BCUT2D eigenvalue weighted by molar-refractivity contribution is 1.56. The summed E-state index contributed by atoms with van der Waals surface area (Å²) in [7, 11) is 0. The van der Waals surface area contributed by atoms with Crippen molar-refractivity contribution in [2.45, 2.75) is 0 Å². The van der Waals surface area contributed by atoms with E-state index in [0.717, 1.165) is 0 Å².